The van der Waals surface area contributed by atoms with E-state index < -0.39 is 0 Å². The second-order valence-corrected chi connectivity index (χ2v) is 13.0. The number of ether oxygens (including phenoxy) is 1. The minimum atomic E-state index is -0.386. The Bertz CT molecular complexity index is 1790. The van der Waals surface area contributed by atoms with Gasteiger partial charge in [-0.25, -0.2) is 4.98 Å². The Balaban J connectivity index is 1.26. The number of fused-ring (bicyclic) bond motifs is 2. The van der Waals surface area contributed by atoms with Crippen LogP contribution in [0.2, 0.25) is 0 Å². The quantitative estimate of drug-likeness (QED) is 0.191. The number of likely N-dealkylation sites (N-methyl/N-ethyl adjacent to an activating group) is 1. The van der Waals surface area contributed by atoms with Gasteiger partial charge < -0.3 is 20.1 Å². The molecule has 0 saturated heterocycles. The van der Waals surface area contributed by atoms with Crippen molar-refractivity contribution in [2.45, 2.75) is 32.5 Å². The van der Waals surface area contributed by atoms with E-state index in [2.05, 4.69) is 65.6 Å². The first-order valence-corrected chi connectivity index (χ1v) is 16.3. The molecule has 0 aliphatic carbocycles. The molecule has 0 saturated carbocycles. The number of thiazole rings is 1. The minimum Gasteiger partial charge on any atom is -0.486 e. The van der Waals surface area contributed by atoms with Crippen LogP contribution in [0.15, 0.2) is 97.1 Å². The summed E-state index contributed by atoms with van der Waals surface area (Å²) in [4.78, 5) is 35.7. The van der Waals surface area contributed by atoms with Gasteiger partial charge in [-0.2, -0.15) is 0 Å². The molecule has 0 radical (unpaired) electrons. The summed E-state index contributed by atoms with van der Waals surface area (Å²) < 4.78 is 7.63. The number of hydrogen-bond acceptors (Lipinski definition) is 7. The van der Waals surface area contributed by atoms with Gasteiger partial charge in [-0.05, 0) is 54.9 Å². The first kappa shape index (κ1) is 31.4. The van der Waals surface area contributed by atoms with E-state index in [-0.39, 0.29) is 36.5 Å². The fourth-order valence-electron chi connectivity index (χ4n) is 5.82. The fourth-order valence-corrected chi connectivity index (χ4v) is 6.68. The highest BCUT2D eigenvalue weighted by Gasteiger charge is 2.34. The van der Waals surface area contributed by atoms with Crippen molar-refractivity contribution < 1.29 is 19.4 Å². The maximum Gasteiger partial charge on any atom is 0.284 e. The number of benzene rings is 4. The molecular formula is C37H38N4O4S. The molecule has 8 nitrogen and oxygen atoms in total. The highest BCUT2D eigenvalue weighted by atomic mass is 32.1. The molecule has 0 fully saturated rings. The Morgan fingerprint density at radius 1 is 1.02 bits per heavy atom. The van der Waals surface area contributed by atoms with Crippen molar-refractivity contribution in [1.29, 1.82) is 0 Å². The zero-order valence-electron chi connectivity index (χ0n) is 26.2. The molecule has 1 aliphatic rings. The largest absolute Gasteiger partial charge is 0.486 e. The number of aromatic nitrogens is 1. The monoisotopic (exact) mass is 634 g/mol. The van der Waals surface area contributed by atoms with E-state index in [4.69, 9.17) is 4.74 Å². The van der Waals surface area contributed by atoms with Gasteiger partial charge >= 0.3 is 0 Å². The Labute approximate surface area is 273 Å². The van der Waals surface area contributed by atoms with Crippen LogP contribution < -0.4 is 10.1 Å². The zero-order valence-corrected chi connectivity index (χ0v) is 27.0. The van der Waals surface area contributed by atoms with Gasteiger partial charge in [0.2, 0.25) is 0 Å². The summed E-state index contributed by atoms with van der Waals surface area (Å²) in [6.45, 7) is 5.45. The lowest BCUT2D eigenvalue weighted by Crippen LogP contribution is -2.49. The number of anilines is 1. The average molecular weight is 635 g/mol. The smallest absolute Gasteiger partial charge is 0.284 e. The van der Waals surface area contributed by atoms with Gasteiger partial charge in [0.1, 0.15) is 6.10 Å². The molecule has 2 heterocycles. The van der Waals surface area contributed by atoms with Gasteiger partial charge in [0, 0.05) is 25.6 Å². The number of carbonyl (C=O) groups excluding carboxylic acids is 2. The first-order chi connectivity index (χ1) is 22.3. The van der Waals surface area contributed by atoms with Gasteiger partial charge in [-0.3, -0.25) is 14.5 Å². The summed E-state index contributed by atoms with van der Waals surface area (Å²) in [6, 6.07) is 31.3. The van der Waals surface area contributed by atoms with Crippen LogP contribution in [0.4, 0.5) is 5.69 Å². The van der Waals surface area contributed by atoms with Gasteiger partial charge in [-0.1, -0.05) is 79.7 Å². The Morgan fingerprint density at radius 2 is 1.74 bits per heavy atom. The number of hydrogen-bond donors (Lipinski definition) is 2. The minimum absolute atomic E-state index is 0.0676. The van der Waals surface area contributed by atoms with E-state index in [0.29, 0.717) is 41.6 Å². The lowest BCUT2D eigenvalue weighted by atomic mass is 9.98. The maximum atomic E-state index is 13.9. The number of carbonyl (C=O) groups is 2. The zero-order chi connectivity index (χ0) is 32.2. The van der Waals surface area contributed by atoms with E-state index >= 15 is 0 Å². The maximum absolute atomic E-state index is 13.9. The first-order valence-electron chi connectivity index (χ1n) is 15.5. The fraction of sp³-hybridized carbons (Fsp3) is 0.270. The number of para-hydroxylation sites is 2. The van der Waals surface area contributed by atoms with Gasteiger partial charge in [0.25, 0.3) is 11.8 Å². The normalized spacial score (nSPS) is 17.2. The Hall–Kier alpha value is -4.57. The second kappa shape index (κ2) is 13.8. The van der Waals surface area contributed by atoms with Crippen LogP contribution in [-0.2, 0) is 6.54 Å². The summed E-state index contributed by atoms with van der Waals surface area (Å²) in [6.07, 6.45) is -0.311. The number of amides is 2. The van der Waals surface area contributed by atoms with Crippen molar-refractivity contribution in [3.63, 3.8) is 0 Å². The molecule has 1 aromatic heterocycles. The van der Waals surface area contributed by atoms with Crippen LogP contribution >= 0.6 is 11.3 Å². The van der Waals surface area contributed by atoms with Gasteiger partial charge in [0.05, 0.1) is 34.1 Å². The van der Waals surface area contributed by atoms with Crippen LogP contribution in [0.1, 0.15) is 39.6 Å². The molecule has 2 N–H and O–H groups in total. The molecule has 9 heteroatoms. The number of aliphatic hydroxyl groups is 1. The van der Waals surface area contributed by atoms with Crippen LogP contribution in [0, 0.1) is 5.92 Å². The van der Waals surface area contributed by atoms with Crippen molar-refractivity contribution in [2.75, 3.05) is 32.1 Å². The molecule has 1 aliphatic heterocycles. The van der Waals surface area contributed by atoms with Crippen LogP contribution in [0.25, 0.3) is 21.3 Å². The van der Waals surface area contributed by atoms with Crippen LogP contribution in [-0.4, -0.2) is 70.6 Å². The molecule has 0 spiro atoms. The number of aliphatic hydroxyl groups excluding tert-OH is 1. The molecule has 0 bridgehead atoms. The van der Waals surface area contributed by atoms with E-state index in [1.165, 1.54) is 28.0 Å². The number of nitrogens with one attached hydrogen (secondary N) is 1. The molecular weight excluding hydrogens is 596 g/mol. The Kier molecular flexibility index (Phi) is 9.44. The molecule has 3 atom stereocenters. The van der Waals surface area contributed by atoms with Crippen LogP contribution in [0.3, 0.4) is 0 Å². The van der Waals surface area contributed by atoms with E-state index in [9.17, 15) is 14.7 Å². The summed E-state index contributed by atoms with van der Waals surface area (Å²) >= 11 is 1.31. The molecule has 6 rings (SSSR count). The SMILES string of the molecule is C[C@@H]1CN([C@H](C)CO)C(=O)c2cccc(NC(=O)c3nc4ccccc4s3)c2O[C@H]1CN(C)Cc1ccc(-c2ccccc2)cc1. The predicted molar refractivity (Wildman–Crippen MR) is 183 cm³/mol. The van der Waals surface area contributed by atoms with E-state index in [1.807, 2.05) is 49.4 Å². The summed E-state index contributed by atoms with van der Waals surface area (Å²) in [7, 11) is 2.06. The molecule has 236 valence electrons. The molecule has 0 unspecified atom stereocenters. The lowest BCUT2D eigenvalue weighted by molar-refractivity contribution is 0.0343. The predicted octanol–water partition coefficient (Wildman–Crippen LogP) is 6.57. The highest BCUT2D eigenvalue weighted by molar-refractivity contribution is 7.20. The summed E-state index contributed by atoms with van der Waals surface area (Å²) in [5.74, 6) is -0.352. The highest BCUT2D eigenvalue weighted by Crippen LogP contribution is 2.36. The Morgan fingerprint density at radius 3 is 2.48 bits per heavy atom. The van der Waals surface area contributed by atoms with Gasteiger partial charge in [0.15, 0.2) is 10.8 Å². The van der Waals surface area contributed by atoms with Gasteiger partial charge in [-0.15, -0.1) is 11.3 Å². The number of rotatable bonds is 9. The van der Waals surface area contributed by atoms with Crippen molar-refractivity contribution in [3.8, 4) is 16.9 Å². The standard InChI is InChI=1S/C37H38N4O4S/c1-24-20-41(25(2)23-42)37(44)29-12-9-14-31(38-35(43)36-39-30-13-7-8-15-33(30)46-36)34(29)45-32(24)22-40(3)21-26-16-18-28(19-17-26)27-10-5-4-6-11-27/h4-19,24-25,32,42H,20-23H2,1-3H3,(H,38,43)/t24-,25-,32+/m1/s1. The summed E-state index contributed by atoms with van der Waals surface area (Å²) in [5.41, 5.74) is 5.04. The molecule has 4 aromatic carbocycles. The number of nitrogens with zero attached hydrogens (tertiary/aromatic N) is 3. The van der Waals surface area contributed by atoms with Crippen LogP contribution in [0.5, 0.6) is 5.75 Å². The van der Waals surface area contributed by atoms with E-state index in [1.54, 1.807) is 23.1 Å². The lowest BCUT2D eigenvalue weighted by Gasteiger charge is -2.38. The van der Waals surface area contributed by atoms with Crippen molar-refractivity contribution >= 4 is 39.1 Å². The average Bonchev–Trinajstić information content (AvgIpc) is 3.52. The molecule has 2 amide bonds. The molecule has 5 aromatic rings. The molecule has 46 heavy (non-hydrogen) atoms. The van der Waals surface area contributed by atoms with Crippen molar-refractivity contribution in [3.05, 3.63) is 113 Å². The van der Waals surface area contributed by atoms with E-state index in [0.717, 1.165) is 10.2 Å². The van der Waals surface area contributed by atoms with Crippen molar-refractivity contribution in [1.82, 2.24) is 14.8 Å². The third kappa shape index (κ3) is 6.82. The van der Waals surface area contributed by atoms with Crippen molar-refractivity contribution in [2.24, 2.45) is 5.92 Å². The topological polar surface area (TPSA) is 95.0 Å². The third-order valence-electron chi connectivity index (χ3n) is 8.43. The second-order valence-electron chi connectivity index (χ2n) is 12.0. The third-order valence-corrected chi connectivity index (χ3v) is 9.47. The summed E-state index contributed by atoms with van der Waals surface area (Å²) in [5, 5.41) is 13.3.